The number of likely N-dealkylation sites (tertiary alicyclic amines) is 1. The van der Waals surface area contributed by atoms with E-state index in [9.17, 15) is 9.59 Å². The summed E-state index contributed by atoms with van der Waals surface area (Å²) in [6.07, 6.45) is 2.69. The number of hydrogen-bond donors (Lipinski definition) is 1. The van der Waals surface area contributed by atoms with Crippen molar-refractivity contribution in [2.75, 3.05) is 6.54 Å². The lowest BCUT2D eigenvalue weighted by Crippen LogP contribution is -2.37. The third-order valence-electron chi connectivity index (χ3n) is 3.26. The van der Waals surface area contributed by atoms with Gasteiger partial charge in [-0.2, -0.15) is 11.3 Å². The molecule has 1 N–H and O–H groups in total. The molecule has 1 aromatic heterocycles. The van der Waals surface area contributed by atoms with E-state index in [1.54, 1.807) is 6.07 Å². The van der Waals surface area contributed by atoms with Crippen LogP contribution in [0.5, 0.6) is 0 Å². The highest BCUT2D eigenvalue weighted by atomic mass is 32.1. The van der Waals surface area contributed by atoms with Crippen molar-refractivity contribution in [3.8, 4) is 0 Å². The molecule has 17 heavy (non-hydrogen) atoms. The van der Waals surface area contributed by atoms with Crippen LogP contribution in [-0.4, -0.2) is 35.3 Å². The largest absolute Gasteiger partial charge is 0.347 e. The molecule has 1 aliphatic carbocycles. The van der Waals surface area contributed by atoms with Crippen LogP contribution in [0.2, 0.25) is 0 Å². The van der Waals surface area contributed by atoms with E-state index in [1.165, 1.54) is 11.3 Å². The molecule has 1 saturated heterocycles. The molecule has 1 unspecified atom stereocenters. The van der Waals surface area contributed by atoms with Crippen molar-refractivity contribution in [1.82, 2.24) is 10.2 Å². The van der Waals surface area contributed by atoms with Gasteiger partial charge in [0.05, 0.1) is 6.04 Å². The number of thiophene rings is 1. The van der Waals surface area contributed by atoms with Crippen LogP contribution in [0.4, 0.5) is 0 Å². The zero-order valence-corrected chi connectivity index (χ0v) is 10.2. The third kappa shape index (κ3) is 2.20. The third-order valence-corrected chi connectivity index (χ3v) is 3.95. The van der Waals surface area contributed by atoms with E-state index in [2.05, 4.69) is 5.32 Å². The SMILES string of the molecule is O=C(NC1CC(=O)N(C2CC2)C1)c1ccsc1. The highest BCUT2D eigenvalue weighted by Gasteiger charge is 2.39. The molecule has 0 bridgehead atoms. The van der Waals surface area contributed by atoms with E-state index in [0.29, 0.717) is 24.6 Å². The second-order valence-electron chi connectivity index (χ2n) is 4.66. The van der Waals surface area contributed by atoms with E-state index in [4.69, 9.17) is 0 Å². The number of hydrogen-bond acceptors (Lipinski definition) is 3. The van der Waals surface area contributed by atoms with E-state index in [1.807, 2.05) is 15.7 Å². The van der Waals surface area contributed by atoms with Crippen LogP contribution in [0.15, 0.2) is 16.8 Å². The molecule has 2 amide bonds. The zero-order chi connectivity index (χ0) is 11.8. The number of nitrogens with zero attached hydrogens (tertiary/aromatic N) is 1. The number of rotatable bonds is 3. The minimum absolute atomic E-state index is 0.0181. The van der Waals surface area contributed by atoms with Crippen LogP contribution in [0, 0.1) is 0 Å². The predicted octanol–water partition coefficient (Wildman–Crippen LogP) is 1.24. The molecule has 0 spiro atoms. The molecule has 4 nitrogen and oxygen atoms in total. The van der Waals surface area contributed by atoms with Gasteiger partial charge in [0.25, 0.3) is 5.91 Å². The lowest BCUT2D eigenvalue weighted by Gasteiger charge is -2.15. The molecule has 5 heteroatoms. The first-order valence-electron chi connectivity index (χ1n) is 5.86. The van der Waals surface area contributed by atoms with Crippen molar-refractivity contribution < 1.29 is 9.59 Å². The van der Waals surface area contributed by atoms with Gasteiger partial charge in [0.1, 0.15) is 0 Å². The second kappa shape index (κ2) is 4.14. The molecule has 2 aliphatic rings. The van der Waals surface area contributed by atoms with Crippen LogP contribution in [0.3, 0.4) is 0 Å². The summed E-state index contributed by atoms with van der Waals surface area (Å²) < 4.78 is 0. The van der Waals surface area contributed by atoms with Crippen LogP contribution in [0.1, 0.15) is 29.6 Å². The van der Waals surface area contributed by atoms with Crippen LogP contribution in [0.25, 0.3) is 0 Å². The van der Waals surface area contributed by atoms with Crippen LogP contribution >= 0.6 is 11.3 Å². The maximum absolute atomic E-state index is 11.8. The van der Waals surface area contributed by atoms with Crippen LogP contribution in [-0.2, 0) is 4.79 Å². The lowest BCUT2D eigenvalue weighted by atomic mass is 10.2. The van der Waals surface area contributed by atoms with Gasteiger partial charge in [-0.15, -0.1) is 0 Å². The van der Waals surface area contributed by atoms with Gasteiger partial charge < -0.3 is 10.2 Å². The molecular formula is C12H14N2O2S. The smallest absolute Gasteiger partial charge is 0.252 e. The summed E-state index contributed by atoms with van der Waals surface area (Å²) >= 11 is 1.50. The van der Waals surface area contributed by atoms with Crippen molar-refractivity contribution in [1.29, 1.82) is 0 Å². The molecule has 0 radical (unpaired) electrons. The van der Waals surface area contributed by atoms with Gasteiger partial charge in [-0.25, -0.2) is 0 Å². The van der Waals surface area contributed by atoms with Gasteiger partial charge in [0, 0.05) is 30.0 Å². The minimum atomic E-state index is -0.0679. The van der Waals surface area contributed by atoms with Gasteiger partial charge in [-0.05, 0) is 24.3 Å². The Hall–Kier alpha value is -1.36. The summed E-state index contributed by atoms with van der Waals surface area (Å²) in [7, 11) is 0. The summed E-state index contributed by atoms with van der Waals surface area (Å²) in [5.74, 6) is 0.116. The van der Waals surface area contributed by atoms with Crippen molar-refractivity contribution in [3.63, 3.8) is 0 Å². The molecule has 2 fully saturated rings. The fraction of sp³-hybridized carbons (Fsp3) is 0.500. The summed E-state index contributed by atoms with van der Waals surface area (Å²) in [6.45, 7) is 0.680. The van der Waals surface area contributed by atoms with E-state index < -0.39 is 0 Å². The Morgan fingerprint density at radius 3 is 2.94 bits per heavy atom. The highest BCUT2D eigenvalue weighted by molar-refractivity contribution is 7.08. The molecule has 1 saturated carbocycles. The Bertz CT molecular complexity index is 439. The van der Waals surface area contributed by atoms with Crippen molar-refractivity contribution in [2.24, 2.45) is 0 Å². The number of carbonyl (C=O) groups is 2. The van der Waals surface area contributed by atoms with Crippen molar-refractivity contribution >= 4 is 23.2 Å². The average Bonchev–Trinajstić information content (AvgIpc) is 2.86. The van der Waals surface area contributed by atoms with E-state index >= 15 is 0 Å². The second-order valence-corrected chi connectivity index (χ2v) is 5.44. The standard InChI is InChI=1S/C12H14N2O2S/c15-11-5-9(6-14(11)10-1-2-10)13-12(16)8-3-4-17-7-8/h3-4,7,9-10H,1-2,5-6H2,(H,13,16). The number of carbonyl (C=O) groups excluding carboxylic acids is 2. The summed E-state index contributed by atoms with van der Waals surface area (Å²) in [4.78, 5) is 25.5. The molecule has 0 aromatic carbocycles. The fourth-order valence-electron chi connectivity index (χ4n) is 2.23. The van der Waals surface area contributed by atoms with Gasteiger partial charge in [-0.1, -0.05) is 0 Å². The predicted molar refractivity (Wildman–Crippen MR) is 64.9 cm³/mol. The average molecular weight is 250 g/mol. The maximum Gasteiger partial charge on any atom is 0.252 e. The molecule has 1 aromatic rings. The van der Waals surface area contributed by atoms with Gasteiger partial charge in [0.15, 0.2) is 0 Å². The molecule has 1 aliphatic heterocycles. The first-order valence-corrected chi connectivity index (χ1v) is 6.81. The van der Waals surface area contributed by atoms with E-state index in [0.717, 1.165) is 12.8 Å². The fourth-order valence-corrected chi connectivity index (χ4v) is 2.87. The molecular weight excluding hydrogens is 236 g/mol. The molecule has 1 atom stereocenters. The van der Waals surface area contributed by atoms with Gasteiger partial charge >= 0.3 is 0 Å². The molecule has 90 valence electrons. The lowest BCUT2D eigenvalue weighted by molar-refractivity contribution is -0.128. The summed E-state index contributed by atoms with van der Waals surface area (Å²) in [5.41, 5.74) is 0.687. The Labute approximate surface area is 104 Å². The summed E-state index contributed by atoms with van der Waals surface area (Å²) in [5, 5.41) is 6.63. The van der Waals surface area contributed by atoms with Gasteiger partial charge in [0.2, 0.25) is 5.91 Å². The Morgan fingerprint density at radius 1 is 1.47 bits per heavy atom. The monoisotopic (exact) mass is 250 g/mol. The molecule has 2 heterocycles. The Kier molecular flexibility index (Phi) is 2.63. The van der Waals surface area contributed by atoms with E-state index in [-0.39, 0.29) is 17.9 Å². The van der Waals surface area contributed by atoms with Crippen molar-refractivity contribution in [2.45, 2.75) is 31.3 Å². The van der Waals surface area contributed by atoms with Crippen molar-refractivity contribution in [3.05, 3.63) is 22.4 Å². The Balaban J connectivity index is 1.60. The number of amides is 2. The van der Waals surface area contributed by atoms with Gasteiger partial charge in [-0.3, -0.25) is 9.59 Å². The maximum atomic E-state index is 11.8. The first kappa shape index (κ1) is 10.8. The first-order chi connectivity index (χ1) is 8.24. The quantitative estimate of drug-likeness (QED) is 0.877. The normalized spacial score (nSPS) is 24.1. The zero-order valence-electron chi connectivity index (χ0n) is 9.39. The van der Waals surface area contributed by atoms with Crippen LogP contribution < -0.4 is 5.32 Å². The topological polar surface area (TPSA) is 49.4 Å². The molecule has 3 rings (SSSR count). The Morgan fingerprint density at radius 2 is 2.29 bits per heavy atom. The minimum Gasteiger partial charge on any atom is -0.347 e. The summed E-state index contributed by atoms with van der Waals surface area (Å²) in [6, 6.07) is 2.23. The number of nitrogens with one attached hydrogen (secondary N) is 1. The highest BCUT2D eigenvalue weighted by Crippen LogP contribution is 2.30.